The molecule has 5 nitrogen and oxygen atoms in total. The van der Waals surface area contributed by atoms with Crippen LogP contribution in [0.25, 0.3) is 0 Å². The lowest BCUT2D eigenvalue weighted by Gasteiger charge is -2.27. The van der Waals surface area contributed by atoms with Crippen molar-refractivity contribution in [1.82, 2.24) is 10.6 Å². The van der Waals surface area contributed by atoms with Crippen molar-refractivity contribution >= 4 is 12.0 Å². The van der Waals surface area contributed by atoms with Crippen molar-refractivity contribution in [2.75, 3.05) is 6.54 Å². The van der Waals surface area contributed by atoms with Gasteiger partial charge in [-0.15, -0.1) is 0 Å². The van der Waals surface area contributed by atoms with Gasteiger partial charge in [0.2, 0.25) is 0 Å². The molecule has 0 aromatic carbocycles. The van der Waals surface area contributed by atoms with E-state index >= 15 is 0 Å². The number of rotatable bonds is 5. The van der Waals surface area contributed by atoms with E-state index < -0.39 is 5.97 Å². The molecule has 0 aromatic heterocycles. The summed E-state index contributed by atoms with van der Waals surface area (Å²) in [4.78, 5) is 22.4. The normalized spacial score (nSPS) is 24.1. The Bertz CT molecular complexity index is 268. The van der Waals surface area contributed by atoms with Crippen LogP contribution in [-0.4, -0.2) is 29.7 Å². The maximum atomic E-state index is 11.5. The SMILES string of the molecule is CCCCNC(=O)NC1CCCC(C(=O)O)C1. The molecule has 0 heterocycles. The number of nitrogens with one attached hydrogen (secondary N) is 2. The van der Waals surface area contributed by atoms with Gasteiger partial charge in [-0.1, -0.05) is 19.8 Å². The molecule has 3 N–H and O–H groups in total. The number of unbranched alkanes of at least 4 members (excludes halogenated alkanes) is 1. The van der Waals surface area contributed by atoms with Crippen molar-refractivity contribution in [3.8, 4) is 0 Å². The fraction of sp³-hybridized carbons (Fsp3) is 0.833. The maximum absolute atomic E-state index is 11.5. The van der Waals surface area contributed by atoms with Gasteiger partial charge in [-0.05, 0) is 25.7 Å². The first-order valence-corrected chi connectivity index (χ1v) is 6.40. The Morgan fingerprint density at radius 2 is 2.12 bits per heavy atom. The molecule has 1 fully saturated rings. The highest BCUT2D eigenvalue weighted by atomic mass is 16.4. The molecule has 1 aliphatic rings. The highest BCUT2D eigenvalue weighted by molar-refractivity contribution is 5.74. The number of hydrogen-bond acceptors (Lipinski definition) is 2. The summed E-state index contributed by atoms with van der Waals surface area (Å²) >= 11 is 0. The summed E-state index contributed by atoms with van der Waals surface area (Å²) in [6.45, 7) is 2.75. The van der Waals surface area contributed by atoms with Crippen LogP contribution in [0, 0.1) is 5.92 Å². The first-order valence-electron chi connectivity index (χ1n) is 6.40. The van der Waals surface area contributed by atoms with E-state index in [1.807, 2.05) is 0 Å². The lowest BCUT2D eigenvalue weighted by molar-refractivity contribution is -0.143. The van der Waals surface area contributed by atoms with E-state index in [1.165, 1.54) is 0 Å². The smallest absolute Gasteiger partial charge is 0.315 e. The van der Waals surface area contributed by atoms with Crippen LogP contribution in [-0.2, 0) is 4.79 Å². The molecule has 0 aromatic rings. The van der Waals surface area contributed by atoms with Crippen molar-refractivity contribution in [2.45, 2.75) is 51.5 Å². The van der Waals surface area contributed by atoms with E-state index in [9.17, 15) is 9.59 Å². The molecule has 0 spiro atoms. The standard InChI is InChI=1S/C12H22N2O3/c1-2-3-7-13-12(17)14-10-6-4-5-9(8-10)11(15)16/h9-10H,2-8H2,1H3,(H,15,16)(H2,13,14,17). The summed E-state index contributed by atoms with van der Waals surface area (Å²) < 4.78 is 0. The summed E-state index contributed by atoms with van der Waals surface area (Å²) in [5.41, 5.74) is 0. The zero-order chi connectivity index (χ0) is 12.7. The van der Waals surface area contributed by atoms with Crippen LogP contribution in [0.15, 0.2) is 0 Å². The Hall–Kier alpha value is -1.26. The predicted molar refractivity (Wildman–Crippen MR) is 64.8 cm³/mol. The minimum absolute atomic E-state index is 0.00600. The summed E-state index contributed by atoms with van der Waals surface area (Å²) in [7, 11) is 0. The maximum Gasteiger partial charge on any atom is 0.315 e. The van der Waals surface area contributed by atoms with Crippen LogP contribution >= 0.6 is 0 Å². The van der Waals surface area contributed by atoms with Gasteiger partial charge in [0, 0.05) is 12.6 Å². The first-order chi connectivity index (χ1) is 8.13. The van der Waals surface area contributed by atoms with Gasteiger partial charge in [0.25, 0.3) is 0 Å². The largest absolute Gasteiger partial charge is 0.481 e. The molecule has 1 aliphatic carbocycles. The Morgan fingerprint density at radius 3 is 2.76 bits per heavy atom. The van der Waals surface area contributed by atoms with Gasteiger partial charge in [0.1, 0.15) is 0 Å². The second-order valence-corrected chi connectivity index (χ2v) is 4.65. The topological polar surface area (TPSA) is 78.4 Å². The van der Waals surface area contributed by atoms with Crippen molar-refractivity contribution in [3.63, 3.8) is 0 Å². The molecule has 1 saturated carbocycles. The van der Waals surface area contributed by atoms with E-state index in [0.717, 1.165) is 32.1 Å². The highest BCUT2D eigenvalue weighted by Crippen LogP contribution is 2.24. The zero-order valence-corrected chi connectivity index (χ0v) is 10.4. The quantitative estimate of drug-likeness (QED) is 0.642. The third kappa shape index (κ3) is 5.06. The summed E-state index contributed by atoms with van der Waals surface area (Å²) in [5.74, 6) is -1.05. The van der Waals surface area contributed by atoms with Crippen LogP contribution in [0.5, 0.6) is 0 Å². The molecule has 1 rings (SSSR count). The van der Waals surface area contributed by atoms with Gasteiger partial charge in [0.15, 0.2) is 0 Å². The van der Waals surface area contributed by atoms with Crippen LogP contribution in [0.1, 0.15) is 45.4 Å². The van der Waals surface area contributed by atoms with E-state index in [2.05, 4.69) is 17.6 Å². The predicted octanol–water partition coefficient (Wildman–Crippen LogP) is 1.73. The Balaban J connectivity index is 2.26. The number of carbonyl (C=O) groups is 2. The molecule has 17 heavy (non-hydrogen) atoms. The molecule has 0 saturated heterocycles. The highest BCUT2D eigenvalue weighted by Gasteiger charge is 2.27. The van der Waals surface area contributed by atoms with Gasteiger partial charge in [-0.25, -0.2) is 4.79 Å². The van der Waals surface area contributed by atoms with Gasteiger partial charge in [-0.3, -0.25) is 4.79 Å². The van der Waals surface area contributed by atoms with Crippen molar-refractivity contribution in [2.24, 2.45) is 5.92 Å². The van der Waals surface area contributed by atoms with Crippen molar-refractivity contribution in [1.29, 1.82) is 0 Å². The van der Waals surface area contributed by atoms with Gasteiger partial charge < -0.3 is 15.7 Å². The number of hydrogen-bond donors (Lipinski definition) is 3. The van der Waals surface area contributed by atoms with Crippen LogP contribution in [0.4, 0.5) is 4.79 Å². The number of aliphatic carboxylic acids is 1. The lowest BCUT2D eigenvalue weighted by atomic mass is 9.86. The monoisotopic (exact) mass is 242 g/mol. The zero-order valence-electron chi connectivity index (χ0n) is 10.4. The summed E-state index contributed by atoms with van der Waals surface area (Å²) in [6.07, 6.45) is 5.05. The van der Waals surface area contributed by atoms with E-state index in [1.54, 1.807) is 0 Å². The average molecular weight is 242 g/mol. The molecule has 0 aliphatic heterocycles. The Morgan fingerprint density at radius 1 is 1.35 bits per heavy atom. The van der Waals surface area contributed by atoms with E-state index in [4.69, 9.17) is 5.11 Å². The number of amides is 2. The second kappa shape index (κ2) is 7.14. The summed E-state index contributed by atoms with van der Waals surface area (Å²) in [5, 5.41) is 14.6. The fourth-order valence-corrected chi connectivity index (χ4v) is 2.16. The summed E-state index contributed by atoms with van der Waals surface area (Å²) in [6, 6.07) is -0.166. The minimum atomic E-state index is -0.747. The average Bonchev–Trinajstić information content (AvgIpc) is 2.29. The molecule has 2 atom stereocenters. The lowest BCUT2D eigenvalue weighted by Crippen LogP contribution is -2.45. The Kier molecular flexibility index (Phi) is 5.80. The molecule has 2 amide bonds. The molecule has 2 unspecified atom stereocenters. The van der Waals surface area contributed by atoms with Gasteiger partial charge >= 0.3 is 12.0 Å². The van der Waals surface area contributed by atoms with Crippen molar-refractivity contribution < 1.29 is 14.7 Å². The number of carboxylic acid groups (broad SMARTS) is 1. The van der Waals surface area contributed by atoms with Gasteiger partial charge in [0.05, 0.1) is 5.92 Å². The third-order valence-electron chi connectivity index (χ3n) is 3.17. The number of carboxylic acids is 1. The molecule has 0 radical (unpaired) electrons. The van der Waals surface area contributed by atoms with Crippen LogP contribution < -0.4 is 10.6 Å². The first kappa shape index (κ1) is 13.8. The number of carbonyl (C=O) groups excluding carboxylic acids is 1. The third-order valence-corrected chi connectivity index (χ3v) is 3.17. The molecule has 98 valence electrons. The van der Waals surface area contributed by atoms with Crippen molar-refractivity contribution in [3.05, 3.63) is 0 Å². The minimum Gasteiger partial charge on any atom is -0.481 e. The number of urea groups is 1. The molecular weight excluding hydrogens is 220 g/mol. The second-order valence-electron chi connectivity index (χ2n) is 4.65. The van der Waals surface area contributed by atoms with Crippen LogP contribution in [0.2, 0.25) is 0 Å². The fourth-order valence-electron chi connectivity index (χ4n) is 2.16. The van der Waals surface area contributed by atoms with E-state index in [-0.39, 0.29) is 18.0 Å². The molecule has 5 heteroatoms. The Labute approximate surface area is 102 Å². The van der Waals surface area contributed by atoms with Gasteiger partial charge in [-0.2, -0.15) is 0 Å². The van der Waals surface area contributed by atoms with Crippen LogP contribution in [0.3, 0.4) is 0 Å². The van der Waals surface area contributed by atoms with E-state index in [0.29, 0.717) is 13.0 Å². The molecule has 0 bridgehead atoms. The molecular formula is C12H22N2O3.